The van der Waals surface area contributed by atoms with Gasteiger partial charge in [0, 0.05) is 18.4 Å². The predicted molar refractivity (Wildman–Crippen MR) is 80.1 cm³/mol. The molecule has 1 aromatic heterocycles. The van der Waals surface area contributed by atoms with Gasteiger partial charge in [-0.1, -0.05) is 20.8 Å². The van der Waals surface area contributed by atoms with E-state index in [0.717, 1.165) is 11.1 Å². The summed E-state index contributed by atoms with van der Waals surface area (Å²) in [4.78, 5) is 4.22. The predicted octanol–water partition coefficient (Wildman–Crippen LogP) is 2.68. The van der Waals surface area contributed by atoms with E-state index < -0.39 is 0 Å². The lowest BCUT2D eigenvalue weighted by Crippen LogP contribution is -2.41. The quantitative estimate of drug-likeness (QED) is 0.859. The molecule has 0 saturated carbocycles. The van der Waals surface area contributed by atoms with Crippen LogP contribution < -0.4 is 11.1 Å². The zero-order valence-corrected chi connectivity index (χ0v) is 12.9. The summed E-state index contributed by atoms with van der Waals surface area (Å²) in [6, 6.07) is 2.02. The second-order valence-corrected chi connectivity index (χ2v) is 5.94. The number of aryl methyl sites for hydroxylation is 1. The Morgan fingerprint density at radius 1 is 1.42 bits per heavy atom. The third kappa shape index (κ3) is 3.67. The number of likely N-dealkylation sites (N-methyl/N-ethyl adjacent to an activating group) is 1. The fraction of sp³-hybridized carbons (Fsp3) is 0.667. The van der Waals surface area contributed by atoms with Crippen molar-refractivity contribution in [2.24, 2.45) is 5.41 Å². The van der Waals surface area contributed by atoms with E-state index in [2.05, 4.69) is 38.0 Å². The van der Waals surface area contributed by atoms with E-state index >= 15 is 0 Å². The van der Waals surface area contributed by atoms with Gasteiger partial charge in [-0.25, -0.2) is 4.98 Å². The van der Waals surface area contributed by atoms with Crippen molar-refractivity contribution in [1.82, 2.24) is 10.3 Å². The van der Waals surface area contributed by atoms with Gasteiger partial charge in [0.15, 0.2) is 0 Å². The molecule has 0 saturated heterocycles. The highest BCUT2D eigenvalue weighted by Crippen LogP contribution is 2.35. The molecule has 0 amide bonds. The smallest absolute Gasteiger partial charge is 0.128 e. The van der Waals surface area contributed by atoms with Crippen molar-refractivity contribution in [1.29, 1.82) is 0 Å². The molecule has 2 unspecified atom stereocenters. The van der Waals surface area contributed by atoms with Crippen molar-refractivity contribution in [3.63, 3.8) is 0 Å². The van der Waals surface area contributed by atoms with Crippen LogP contribution in [-0.4, -0.2) is 24.7 Å². The average molecular weight is 265 g/mol. The molecule has 0 aliphatic rings. The number of hydrogen-bond donors (Lipinski definition) is 2. The highest BCUT2D eigenvalue weighted by atomic mass is 16.5. The Morgan fingerprint density at radius 2 is 2.05 bits per heavy atom. The molecule has 0 aliphatic heterocycles. The summed E-state index contributed by atoms with van der Waals surface area (Å²) in [6.45, 7) is 11.3. The standard InChI is InChI=1S/C15H27N3O/c1-7-19-13(15(3,4)5)12(17-6)11-10(2)8-9-18-14(11)16/h8-9,12-13,17H,7H2,1-6H3,(H2,16,18). The number of nitrogens with two attached hydrogens (primary N) is 1. The van der Waals surface area contributed by atoms with Crippen LogP contribution in [0.3, 0.4) is 0 Å². The fourth-order valence-electron chi connectivity index (χ4n) is 2.47. The van der Waals surface area contributed by atoms with Gasteiger partial charge in [-0.15, -0.1) is 0 Å². The molecule has 0 fully saturated rings. The summed E-state index contributed by atoms with van der Waals surface area (Å²) in [6.07, 6.45) is 1.78. The zero-order valence-electron chi connectivity index (χ0n) is 12.9. The van der Waals surface area contributed by atoms with Crippen molar-refractivity contribution < 1.29 is 4.74 Å². The van der Waals surface area contributed by atoms with Crippen LogP contribution >= 0.6 is 0 Å². The Balaban J connectivity index is 3.24. The molecular formula is C15H27N3O. The molecule has 4 heteroatoms. The number of rotatable bonds is 5. The van der Waals surface area contributed by atoms with Gasteiger partial charge in [-0.05, 0) is 37.9 Å². The summed E-state index contributed by atoms with van der Waals surface area (Å²) in [5.74, 6) is 0.577. The minimum atomic E-state index is 0.0123. The Hall–Kier alpha value is -1.13. The number of nitrogen functional groups attached to an aromatic ring is 1. The van der Waals surface area contributed by atoms with Gasteiger partial charge < -0.3 is 15.8 Å². The number of nitrogens with zero attached hydrogens (tertiary/aromatic N) is 1. The molecular weight excluding hydrogens is 238 g/mol. The van der Waals surface area contributed by atoms with E-state index in [9.17, 15) is 0 Å². The molecule has 4 nitrogen and oxygen atoms in total. The molecule has 0 aromatic carbocycles. The average Bonchev–Trinajstić information content (AvgIpc) is 2.30. The maximum atomic E-state index is 6.07. The van der Waals surface area contributed by atoms with Crippen LogP contribution in [0.4, 0.5) is 5.82 Å². The summed E-state index contributed by atoms with van der Waals surface area (Å²) in [5.41, 5.74) is 8.26. The van der Waals surface area contributed by atoms with Gasteiger partial charge in [-0.3, -0.25) is 0 Å². The van der Waals surface area contributed by atoms with Crippen molar-refractivity contribution in [3.8, 4) is 0 Å². The van der Waals surface area contributed by atoms with Crippen LogP contribution in [0, 0.1) is 12.3 Å². The van der Waals surface area contributed by atoms with Gasteiger partial charge >= 0.3 is 0 Å². The summed E-state index contributed by atoms with van der Waals surface area (Å²) >= 11 is 0. The van der Waals surface area contributed by atoms with Crippen molar-refractivity contribution in [3.05, 3.63) is 23.4 Å². The molecule has 2 atom stereocenters. The Labute approximate surface area is 116 Å². The molecule has 1 heterocycles. The van der Waals surface area contributed by atoms with Crippen LogP contribution in [0.25, 0.3) is 0 Å². The maximum absolute atomic E-state index is 6.07. The largest absolute Gasteiger partial charge is 0.383 e. The van der Waals surface area contributed by atoms with E-state index in [4.69, 9.17) is 10.5 Å². The number of hydrogen-bond acceptors (Lipinski definition) is 4. The number of aromatic nitrogens is 1. The number of ether oxygens (including phenoxy) is 1. The Bertz CT molecular complexity index is 392. The minimum absolute atomic E-state index is 0.0123. The van der Waals surface area contributed by atoms with Crippen molar-refractivity contribution >= 4 is 5.82 Å². The second kappa shape index (κ2) is 6.35. The molecule has 1 rings (SSSR count). The summed E-state index contributed by atoms with van der Waals surface area (Å²) < 4.78 is 5.98. The van der Waals surface area contributed by atoms with Gasteiger partial charge in [0.05, 0.1) is 12.1 Å². The van der Waals surface area contributed by atoms with Gasteiger partial charge in [-0.2, -0.15) is 0 Å². The van der Waals surface area contributed by atoms with E-state index in [1.165, 1.54) is 0 Å². The molecule has 19 heavy (non-hydrogen) atoms. The lowest BCUT2D eigenvalue weighted by atomic mass is 9.81. The van der Waals surface area contributed by atoms with E-state index in [-0.39, 0.29) is 17.6 Å². The lowest BCUT2D eigenvalue weighted by molar-refractivity contribution is -0.0351. The first kappa shape index (κ1) is 15.9. The third-order valence-corrected chi connectivity index (χ3v) is 3.36. The van der Waals surface area contributed by atoms with Crippen LogP contribution in [0.1, 0.15) is 44.9 Å². The molecule has 108 valence electrons. The highest BCUT2D eigenvalue weighted by Gasteiger charge is 2.35. The Morgan fingerprint density at radius 3 is 2.47 bits per heavy atom. The molecule has 3 N–H and O–H groups in total. The molecule has 0 spiro atoms. The topological polar surface area (TPSA) is 60.2 Å². The number of pyridine rings is 1. The first-order valence-electron chi connectivity index (χ1n) is 6.82. The highest BCUT2D eigenvalue weighted by molar-refractivity contribution is 5.46. The molecule has 0 radical (unpaired) electrons. The van der Waals surface area contributed by atoms with Crippen LogP contribution in [0.15, 0.2) is 12.3 Å². The van der Waals surface area contributed by atoms with Crippen molar-refractivity contribution in [2.75, 3.05) is 19.4 Å². The minimum Gasteiger partial charge on any atom is -0.383 e. The van der Waals surface area contributed by atoms with E-state index in [1.54, 1.807) is 6.20 Å². The second-order valence-electron chi connectivity index (χ2n) is 5.94. The monoisotopic (exact) mass is 265 g/mol. The normalized spacial score (nSPS) is 15.3. The first-order valence-corrected chi connectivity index (χ1v) is 6.82. The van der Waals surface area contributed by atoms with Gasteiger partial charge in [0.1, 0.15) is 5.82 Å². The van der Waals surface area contributed by atoms with E-state index in [1.807, 2.05) is 20.0 Å². The molecule has 1 aromatic rings. The van der Waals surface area contributed by atoms with E-state index in [0.29, 0.717) is 12.4 Å². The lowest BCUT2D eigenvalue weighted by Gasteiger charge is -2.37. The number of nitrogens with one attached hydrogen (secondary N) is 1. The number of anilines is 1. The molecule has 0 bridgehead atoms. The SMILES string of the molecule is CCOC(C(NC)c1c(C)ccnc1N)C(C)(C)C. The summed E-state index contributed by atoms with van der Waals surface area (Å²) in [5, 5.41) is 3.35. The zero-order chi connectivity index (χ0) is 14.6. The molecule has 0 aliphatic carbocycles. The first-order chi connectivity index (χ1) is 8.82. The maximum Gasteiger partial charge on any atom is 0.128 e. The van der Waals surface area contributed by atoms with Crippen molar-refractivity contribution in [2.45, 2.75) is 46.8 Å². The van der Waals surface area contributed by atoms with Crippen LogP contribution in [0.5, 0.6) is 0 Å². The van der Waals surface area contributed by atoms with Gasteiger partial charge in [0.25, 0.3) is 0 Å². The fourth-order valence-corrected chi connectivity index (χ4v) is 2.47. The third-order valence-electron chi connectivity index (χ3n) is 3.36. The summed E-state index contributed by atoms with van der Waals surface area (Å²) in [7, 11) is 1.94. The van der Waals surface area contributed by atoms with Crippen LogP contribution in [0.2, 0.25) is 0 Å². The van der Waals surface area contributed by atoms with Gasteiger partial charge in [0.2, 0.25) is 0 Å². The van der Waals surface area contributed by atoms with Crippen LogP contribution in [-0.2, 0) is 4.74 Å². The Kier molecular flexibility index (Phi) is 5.32.